The molecule has 2 rings (SSSR count). The lowest BCUT2D eigenvalue weighted by atomic mass is 9.87. The van der Waals surface area contributed by atoms with E-state index in [0.717, 1.165) is 12.3 Å². The highest BCUT2D eigenvalue weighted by atomic mass is 35.5. The van der Waals surface area contributed by atoms with Crippen LogP contribution in [-0.4, -0.2) is 12.6 Å². The maximum absolute atomic E-state index is 11.8. The molecule has 0 atom stereocenters. The molecule has 0 spiro atoms. The van der Waals surface area contributed by atoms with Crippen molar-refractivity contribution in [1.29, 1.82) is 0 Å². The first-order valence-electron chi connectivity index (χ1n) is 7.15. The van der Waals surface area contributed by atoms with Gasteiger partial charge < -0.3 is 10.6 Å². The van der Waals surface area contributed by atoms with Crippen molar-refractivity contribution < 1.29 is 4.79 Å². The van der Waals surface area contributed by atoms with Gasteiger partial charge in [0, 0.05) is 6.54 Å². The van der Waals surface area contributed by atoms with E-state index in [1.54, 1.807) is 18.2 Å². The van der Waals surface area contributed by atoms with E-state index in [4.69, 9.17) is 23.2 Å². The Morgan fingerprint density at radius 2 is 1.80 bits per heavy atom. The Labute approximate surface area is 130 Å². The summed E-state index contributed by atoms with van der Waals surface area (Å²) in [4.78, 5) is 11.8. The molecule has 3 nitrogen and oxygen atoms in total. The summed E-state index contributed by atoms with van der Waals surface area (Å²) in [6.07, 6.45) is 7.64. The van der Waals surface area contributed by atoms with Gasteiger partial charge in [-0.1, -0.05) is 61.4 Å². The second-order valence-corrected chi connectivity index (χ2v) is 6.08. The van der Waals surface area contributed by atoms with Crippen molar-refractivity contribution in [1.82, 2.24) is 5.32 Å². The van der Waals surface area contributed by atoms with Gasteiger partial charge in [0.2, 0.25) is 0 Å². The van der Waals surface area contributed by atoms with Crippen molar-refractivity contribution in [3.05, 3.63) is 28.2 Å². The Bertz CT molecular complexity index is 439. The molecule has 1 aliphatic rings. The number of anilines is 1. The standard InChI is InChI=1S/C15H20Cl2N2O/c16-12-7-4-8-13(17)14(12)19-15(20)18-10-9-11-5-2-1-3-6-11/h4,7-8,11H,1-3,5-6,9-10H2,(H2,18,19,20). The Morgan fingerprint density at radius 3 is 2.45 bits per heavy atom. The van der Waals surface area contributed by atoms with Crippen LogP contribution in [0.4, 0.5) is 10.5 Å². The van der Waals surface area contributed by atoms with E-state index < -0.39 is 0 Å². The lowest BCUT2D eigenvalue weighted by Gasteiger charge is -2.21. The molecule has 1 aromatic carbocycles. The number of urea groups is 1. The van der Waals surface area contributed by atoms with Crippen LogP contribution in [0.15, 0.2) is 18.2 Å². The van der Waals surface area contributed by atoms with Gasteiger partial charge in [0.25, 0.3) is 0 Å². The average Bonchev–Trinajstić information content (AvgIpc) is 2.44. The van der Waals surface area contributed by atoms with Crippen LogP contribution in [0, 0.1) is 5.92 Å². The number of nitrogens with one attached hydrogen (secondary N) is 2. The van der Waals surface area contributed by atoms with E-state index in [9.17, 15) is 4.79 Å². The maximum atomic E-state index is 11.8. The van der Waals surface area contributed by atoms with Gasteiger partial charge in [-0.2, -0.15) is 0 Å². The van der Waals surface area contributed by atoms with Crippen LogP contribution in [0.5, 0.6) is 0 Å². The molecular weight excluding hydrogens is 295 g/mol. The molecule has 1 aromatic rings. The fraction of sp³-hybridized carbons (Fsp3) is 0.533. The summed E-state index contributed by atoms with van der Waals surface area (Å²) in [6.45, 7) is 0.693. The number of benzene rings is 1. The monoisotopic (exact) mass is 314 g/mol. The molecule has 1 fully saturated rings. The summed E-state index contributed by atoms with van der Waals surface area (Å²) >= 11 is 12.0. The smallest absolute Gasteiger partial charge is 0.319 e. The van der Waals surface area contributed by atoms with Gasteiger partial charge in [-0.25, -0.2) is 4.79 Å². The molecule has 0 heterocycles. The number of amides is 2. The second kappa shape index (κ2) is 7.75. The minimum absolute atomic E-state index is 0.254. The van der Waals surface area contributed by atoms with E-state index in [1.807, 2.05) is 0 Å². The molecule has 20 heavy (non-hydrogen) atoms. The number of hydrogen-bond donors (Lipinski definition) is 2. The molecular formula is C15H20Cl2N2O. The third-order valence-electron chi connectivity index (χ3n) is 3.76. The maximum Gasteiger partial charge on any atom is 0.319 e. The number of carbonyl (C=O) groups excluding carboxylic acids is 1. The number of hydrogen-bond acceptors (Lipinski definition) is 1. The molecule has 5 heteroatoms. The zero-order valence-electron chi connectivity index (χ0n) is 11.4. The summed E-state index contributed by atoms with van der Waals surface area (Å²) in [6, 6.07) is 4.89. The summed E-state index contributed by atoms with van der Waals surface area (Å²) in [5.74, 6) is 0.757. The van der Waals surface area contributed by atoms with Gasteiger partial charge in [0.05, 0.1) is 15.7 Å². The topological polar surface area (TPSA) is 41.1 Å². The van der Waals surface area contributed by atoms with E-state index in [2.05, 4.69) is 10.6 Å². The molecule has 0 aliphatic heterocycles. The highest BCUT2D eigenvalue weighted by molar-refractivity contribution is 6.39. The van der Waals surface area contributed by atoms with E-state index in [1.165, 1.54) is 32.1 Å². The van der Waals surface area contributed by atoms with Crippen LogP contribution in [0.25, 0.3) is 0 Å². The van der Waals surface area contributed by atoms with Gasteiger partial charge >= 0.3 is 6.03 Å². The molecule has 2 amide bonds. The van der Waals surface area contributed by atoms with Gasteiger partial charge in [-0.05, 0) is 24.5 Å². The number of carbonyl (C=O) groups is 1. The lowest BCUT2D eigenvalue weighted by Crippen LogP contribution is -2.31. The number of halogens is 2. The molecule has 0 aromatic heterocycles. The average molecular weight is 315 g/mol. The van der Waals surface area contributed by atoms with Crippen molar-refractivity contribution in [3.8, 4) is 0 Å². The lowest BCUT2D eigenvalue weighted by molar-refractivity contribution is 0.250. The quantitative estimate of drug-likeness (QED) is 0.799. The van der Waals surface area contributed by atoms with Gasteiger partial charge in [-0.3, -0.25) is 0 Å². The van der Waals surface area contributed by atoms with Crippen LogP contribution in [-0.2, 0) is 0 Å². The fourth-order valence-corrected chi connectivity index (χ4v) is 3.13. The van der Waals surface area contributed by atoms with Gasteiger partial charge in [-0.15, -0.1) is 0 Å². The van der Waals surface area contributed by atoms with Crippen LogP contribution < -0.4 is 10.6 Å². The summed E-state index contributed by atoms with van der Waals surface area (Å²) in [7, 11) is 0. The first-order chi connectivity index (χ1) is 9.66. The molecule has 2 N–H and O–H groups in total. The number of para-hydroxylation sites is 1. The molecule has 0 bridgehead atoms. The van der Waals surface area contributed by atoms with Crippen LogP contribution in [0.1, 0.15) is 38.5 Å². The first kappa shape index (κ1) is 15.5. The zero-order chi connectivity index (χ0) is 14.4. The predicted molar refractivity (Wildman–Crippen MR) is 84.7 cm³/mol. The Balaban J connectivity index is 1.75. The van der Waals surface area contributed by atoms with Crippen LogP contribution in [0.3, 0.4) is 0 Å². The summed E-state index contributed by atoms with van der Waals surface area (Å²) in [5.41, 5.74) is 0.464. The van der Waals surface area contributed by atoms with Crippen molar-refractivity contribution in [2.75, 3.05) is 11.9 Å². The molecule has 0 saturated heterocycles. The predicted octanol–water partition coefficient (Wildman–Crippen LogP) is 5.09. The molecule has 110 valence electrons. The minimum atomic E-state index is -0.254. The van der Waals surface area contributed by atoms with Crippen molar-refractivity contribution >= 4 is 34.9 Å². The zero-order valence-corrected chi connectivity index (χ0v) is 12.9. The van der Waals surface area contributed by atoms with Crippen LogP contribution in [0.2, 0.25) is 10.0 Å². The molecule has 0 radical (unpaired) electrons. The summed E-state index contributed by atoms with van der Waals surface area (Å²) in [5, 5.41) is 6.46. The Kier molecular flexibility index (Phi) is 5.99. The molecule has 0 unspecified atom stereocenters. The highest BCUT2D eigenvalue weighted by Crippen LogP contribution is 2.29. The van der Waals surface area contributed by atoms with Gasteiger partial charge in [0.1, 0.15) is 0 Å². The van der Waals surface area contributed by atoms with Crippen molar-refractivity contribution in [2.45, 2.75) is 38.5 Å². The third kappa shape index (κ3) is 4.57. The fourth-order valence-electron chi connectivity index (χ4n) is 2.64. The number of rotatable bonds is 4. The van der Waals surface area contributed by atoms with E-state index in [0.29, 0.717) is 22.3 Å². The van der Waals surface area contributed by atoms with Gasteiger partial charge in [0.15, 0.2) is 0 Å². The minimum Gasteiger partial charge on any atom is -0.338 e. The molecule has 1 saturated carbocycles. The highest BCUT2D eigenvalue weighted by Gasteiger charge is 2.14. The summed E-state index contributed by atoms with van der Waals surface area (Å²) < 4.78 is 0. The third-order valence-corrected chi connectivity index (χ3v) is 4.39. The van der Waals surface area contributed by atoms with Crippen LogP contribution >= 0.6 is 23.2 Å². The van der Waals surface area contributed by atoms with E-state index >= 15 is 0 Å². The van der Waals surface area contributed by atoms with Crippen molar-refractivity contribution in [2.24, 2.45) is 5.92 Å². The molecule has 1 aliphatic carbocycles. The Morgan fingerprint density at radius 1 is 1.15 bits per heavy atom. The first-order valence-corrected chi connectivity index (χ1v) is 7.91. The Hall–Kier alpha value is -0.930. The second-order valence-electron chi connectivity index (χ2n) is 5.27. The SMILES string of the molecule is O=C(NCCC1CCCCC1)Nc1c(Cl)cccc1Cl. The largest absolute Gasteiger partial charge is 0.338 e. The normalized spacial score (nSPS) is 15.9. The van der Waals surface area contributed by atoms with Crippen molar-refractivity contribution in [3.63, 3.8) is 0 Å². The van der Waals surface area contributed by atoms with E-state index in [-0.39, 0.29) is 6.03 Å².